The number of nitrogens with two attached hydrogens (primary N) is 1. The molecule has 4 N–H and O–H groups in total. The summed E-state index contributed by atoms with van der Waals surface area (Å²) in [5, 5.41) is 16.0. The van der Waals surface area contributed by atoms with Crippen molar-refractivity contribution in [1.29, 1.82) is 0 Å². The van der Waals surface area contributed by atoms with E-state index in [1.807, 2.05) is 0 Å². The van der Waals surface area contributed by atoms with Gasteiger partial charge in [0.15, 0.2) is 0 Å². The summed E-state index contributed by atoms with van der Waals surface area (Å²) >= 11 is 0. The Morgan fingerprint density at radius 3 is 3.27 bits per heavy atom. The highest BCUT2D eigenvalue weighted by Gasteiger charge is 2.20. The molecule has 0 aliphatic heterocycles. The first-order chi connectivity index (χ1) is 5.27. The molecular formula is C7H11N3O. The number of hydrogen-bond acceptors (Lipinski definition) is 3. The third-order valence-corrected chi connectivity index (χ3v) is 2.14. The second kappa shape index (κ2) is 2.23. The van der Waals surface area contributed by atoms with Gasteiger partial charge in [0.1, 0.15) is 5.82 Å². The van der Waals surface area contributed by atoms with Crippen LogP contribution in [0, 0.1) is 0 Å². The number of H-pyrrole nitrogens is 1. The fourth-order valence-corrected chi connectivity index (χ4v) is 1.49. The van der Waals surface area contributed by atoms with Crippen LogP contribution >= 0.6 is 0 Å². The zero-order chi connectivity index (χ0) is 7.84. The number of nitrogen functional groups attached to an aromatic ring is 1. The summed E-state index contributed by atoms with van der Waals surface area (Å²) in [6, 6.07) is 0. The van der Waals surface area contributed by atoms with E-state index in [0.29, 0.717) is 12.2 Å². The molecule has 1 unspecified atom stereocenters. The zero-order valence-electron chi connectivity index (χ0n) is 6.17. The molecule has 0 saturated heterocycles. The SMILES string of the molecule is Nc1[nH]nc2c1CC(O)CC2. The van der Waals surface area contributed by atoms with Gasteiger partial charge in [0.25, 0.3) is 0 Å². The van der Waals surface area contributed by atoms with E-state index in [1.165, 1.54) is 0 Å². The van der Waals surface area contributed by atoms with Crippen molar-refractivity contribution in [2.24, 2.45) is 0 Å². The molecule has 1 atom stereocenters. The summed E-state index contributed by atoms with van der Waals surface area (Å²) in [6.07, 6.45) is 2.06. The van der Waals surface area contributed by atoms with Crippen LogP contribution in [0.25, 0.3) is 0 Å². The van der Waals surface area contributed by atoms with Gasteiger partial charge in [0.2, 0.25) is 0 Å². The van der Waals surface area contributed by atoms with Crippen molar-refractivity contribution in [1.82, 2.24) is 10.2 Å². The van der Waals surface area contributed by atoms with E-state index in [0.717, 1.165) is 24.1 Å². The van der Waals surface area contributed by atoms with Crippen LogP contribution in [0.2, 0.25) is 0 Å². The summed E-state index contributed by atoms with van der Waals surface area (Å²) in [5.74, 6) is 0.610. The Bertz CT molecular complexity index is 269. The Labute approximate surface area is 64.4 Å². The molecule has 4 heteroatoms. The summed E-state index contributed by atoms with van der Waals surface area (Å²) in [4.78, 5) is 0. The molecule has 0 fully saturated rings. The lowest BCUT2D eigenvalue weighted by Crippen LogP contribution is -2.18. The molecule has 2 rings (SSSR count). The number of fused-ring (bicyclic) bond motifs is 1. The van der Waals surface area contributed by atoms with Crippen molar-refractivity contribution in [2.45, 2.75) is 25.4 Å². The lowest BCUT2D eigenvalue weighted by Gasteiger charge is -2.15. The van der Waals surface area contributed by atoms with Crippen LogP contribution in [-0.2, 0) is 12.8 Å². The van der Waals surface area contributed by atoms with Gasteiger partial charge >= 0.3 is 0 Å². The van der Waals surface area contributed by atoms with E-state index in [2.05, 4.69) is 10.2 Å². The first-order valence-corrected chi connectivity index (χ1v) is 3.77. The average Bonchev–Trinajstić information content (AvgIpc) is 2.33. The third kappa shape index (κ3) is 0.991. The number of aromatic amines is 1. The van der Waals surface area contributed by atoms with Gasteiger partial charge in [-0.1, -0.05) is 0 Å². The minimum atomic E-state index is -0.234. The smallest absolute Gasteiger partial charge is 0.122 e. The average molecular weight is 153 g/mol. The number of aromatic nitrogens is 2. The van der Waals surface area contributed by atoms with Crippen LogP contribution in [0.3, 0.4) is 0 Å². The summed E-state index contributed by atoms with van der Waals surface area (Å²) in [5.41, 5.74) is 7.62. The Morgan fingerprint density at radius 1 is 1.64 bits per heavy atom. The molecule has 4 nitrogen and oxygen atoms in total. The summed E-state index contributed by atoms with van der Waals surface area (Å²) in [7, 11) is 0. The first-order valence-electron chi connectivity index (χ1n) is 3.77. The van der Waals surface area contributed by atoms with Crippen molar-refractivity contribution >= 4 is 5.82 Å². The fourth-order valence-electron chi connectivity index (χ4n) is 1.49. The number of aryl methyl sites for hydroxylation is 1. The molecule has 1 aromatic heterocycles. The molecule has 1 aliphatic carbocycles. The Morgan fingerprint density at radius 2 is 2.45 bits per heavy atom. The van der Waals surface area contributed by atoms with Crippen LogP contribution < -0.4 is 5.73 Å². The lowest BCUT2D eigenvalue weighted by atomic mass is 9.95. The molecule has 0 radical (unpaired) electrons. The van der Waals surface area contributed by atoms with Gasteiger partial charge in [-0.3, -0.25) is 5.10 Å². The molecule has 1 aromatic rings. The van der Waals surface area contributed by atoms with Crippen LogP contribution in [-0.4, -0.2) is 21.4 Å². The largest absolute Gasteiger partial charge is 0.393 e. The molecule has 11 heavy (non-hydrogen) atoms. The van der Waals surface area contributed by atoms with Crippen LogP contribution in [0.15, 0.2) is 0 Å². The molecular weight excluding hydrogens is 142 g/mol. The molecule has 0 bridgehead atoms. The zero-order valence-corrected chi connectivity index (χ0v) is 6.17. The number of nitrogens with one attached hydrogen (secondary N) is 1. The summed E-state index contributed by atoms with van der Waals surface area (Å²) < 4.78 is 0. The van der Waals surface area contributed by atoms with Crippen molar-refractivity contribution in [3.63, 3.8) is 0 Å². The second-order valence-corrected chi connectivity index (χ2v) is 2.96. The van der Waals surface area contributed by atoms with Crippen molar-refractivity contribution in [2.75, 3.05) is 5.73 Å². The fraction of sp³-hybridized carbons (Fsp3) is 0.571. The van der Waals surface area contributed by atoms with Crippen molar-refractivity contribution in [3.05, 3.63) is 11.3 Å². The molecule has 60 valence electrons. The maximum atomic E-state index is 9.30. The molecule has 1 aliphatic rings. The second-order valence-electron chi connectivity index (χ2n) is 2.96. The predicted octanol–water partition coefficient (Wildman–Crippen LogP) is -0.159. The number of nitrogens with zero attached hydrogens (tertiary/aromatic N) is 1. The topological polar surface area (TPSA) is 74.9 Å². The maximum absolute atomic E-state index is 9.30. The van der Waals surface area contributed by atoms with E-state index in [1.54, 1.807) is 0 Å². The van der Waals surface area contributed by atoms with E-state index >= 15 is 0 Å². The quantitative estimate of drug-likeness (QED) is 0.485. The van der Waals surface area contributed by atoms with Gasteiger partial charge in [-0.2, -0.15) is 5.10 Å². The third-order valence-electron chi connectivity index (χ3n) is 2.14. The van der Waals surface area contributed by atoms with E-state index in [-0.39, 0.29) is 6.10 Å². The first kappa shape index (κ1) is 6.67. The van der Waals surface area contributed by atoms with Crippen molar-refractivity contribution < 1.29 is 5.11 Å². The number of rotatable bonds is 0. The number of anilines is 1. The Balaban J connectivity index is 2.37. The highest BCUT2D eigenvalue weighted by Crippen LogP contribution is 2.23. The summed E-state index contributed by atoms with van der Waals surface area (Å²) in [6.45, 7) is 0. The molecule has 0 saturated carbocycles. The van der Waals surface area contributed by atoms with Crippen LogP contribution in [0.1, 0.15) is 17.7 Å². The number of aliphatic hydroxyl groups is 1. The van der Waals surface area contributed by atoms with E-state index in [9.17, 15) is 5.11 Å². The maximum Gasteiger partial charge on any atom is 0.122 e. The number of aliphatic hydroxyl groups excluding tert-OH is 1. The molecule has 1 heterocycles. The van der Waals surface area contributed by atoms with Gasteiger partial charge in [-0.25, -0.2) is 0 Å². The minimum Gasteiger partial charge on any atom is -0.393 e. The highest BCUT2D eigenvalue weighted by molar-refractivity contribution is 5.43. The van der Waals surface area contributed by atoms with Gasteiger partial charge in [0.05, 0.1) is 11.8 Å². The van der Waals surface area contributed by atoms with Crippen molar-refractivity contribution in [3.8, 4) is 0 Å². The normalized spacial score (nSPS) is 23.2. The predicted molar refractivity (Wildman–Crippen MR) is 41.0 cm³/mol. The Hall–Kier alpha value is -1.03. The van der Waals surface area contributed by atoms with Crippen LogP contribution in [0.4, 0.5) is 5.82 Å². The Kier molecular flexibility index (Phi) is 1.35. The van der Waals surface area contributed by atoms with E-state index < -0.39 is 0 Å². The van der Waals surface area contributed by atoms with Gasteiger partial charge in [-0.05, 0) is 12.8 Å². The lowest BCUT2D eigenvalue weighted by molar-refractivity contribution is 0.158. The standard InChI is InChI=1S/C7H11N3O/c8-7-5-3-4(11)1-2-6(5)9-10-7/h4,11H,1-3H2,(H3,8,9,10). The van der Waals surface area contributed by atoms with E-state index in [4.69, 9.17) is 5.73 Å². The van der Waals surface area contributed by atoms with Gasteiger partial charge < -0.3 is 10.8 Å². The molecule has 0 aromatic carbocycles. The monoisotopic (exact) mass is 153 g/mol. The van der Waals surface area contributed by atoms with Crippen LogP contribution in [0.5, 0.6) is 0 Å². The van der Waals surface area contributed by atoms with Gasteiger partial charge in [-0.15, -0.1) is 0 Å². The molecule has 0 spiro atoms. The highest BCUT2D eigenvalue weighted by atomic mass is 16.3. The van der Waals surface area contributed by atoms with Gasteiger partial charge in [0, 0.05) is 12.0 Å². The molecule has 0 amide bonds. The minimum absolute atomic E-state index is 0.234. The number of hydrogen-bond donors (Lipinski definition) is 3.